The molecule has 0 atom stereocenters. The normalized spacial score (nSPS) is 11.0. The molecule has 0 spiro atoms. The van der Waals surface area contributed by atoms with E-state index >= 15 is 0 Å². The predicted molar refractivity (Wildman–Crippen MR) is 96.3 cm³/mol. The van der Waals surface area contributed by atoms with Crippen molar-refractivity contribution in [2.24, 2.45) is 5.10 Å². The third-order valence-corrected chi connectivity index (χ3v) is 3.70. The highest BCUT2D eigenvalue weighted by molar-refractivity contribution is 6.36. The van der Waals surface area contributed by atoms with E-state index < -0.39 is 4.92 Å². The number of furan rings is 1. The van der Waals surface area contributed by atoms with E-state index in [-0.39, 0.29) is 5.69 Å². The second kappa shape index (κ2) is 7.33. The number of pyridine rings is 1. The van der Waals surface area contributed by atoms with Crippen molar-refractivity contribution in [3.63, 3.8) is 0 Å². The van der Waals surface area contributed by atoms with Gasteiger partial charge in [-0.05, 0) is 36.4 Å². The second-order valence-corrected chi connectivity index (χ2v) is 5.70. The van der Waals surface area contributed by atoms with Gasteiger partial charge in [0.05, 0.1) is 16.2 Å². The van der Waals surface area contributed by atoms with Gasteiger partial charge in [0.25, 0.3) is 5.69 Å². The Labute approximate surface area is 152 Å². The molecule has 7 nitrogen and oxygen atoms in total. The van der Waals surface area contributed by atoms with Crippen LogP contribution in [-0.4, -0.2) is 16.1 Å². The van der Waals surface area contributed by atoms with Crippen molar-refractivity contribution >= 4 is 40.9 Å². The zero-order valence-electron chi connectivity index (χ0n) is 12.5. The molecule has 2 heterocycles. The van der Waals surface area contributed by atoms with E-state index in [1.807, 2.05) is 0 Å². The van der Waals surface area contributed by atoms with Gasteiger partial charge in [-0.2, -0.15) is 5.10 Å². The summed E-state index contributed by atoms with van der Waals surface area (Å²) in [5.41, 5.74) is 3.29. The molecule has 1 N–H and O–H groups in total. The summed E-state index contributed by atoms with van der Waals surface area (Å²) in [6.45, 7) is 0. The summed E-state index contributed by atoms with van der Waals surface area (Å²) in [6.07, 6.45) is 2.60. The standard InChI is InChI=1S/C16H10Cl2N4O3/c17-10-1-4-13(14(18)7-10)15-5-3-12(25-15)9-20-21-16-6-2-11(8-19-16)22(23)24/h1-9H,(H,19,21)/b20-9-. The number of rotatable bonds is 5. The number of nitrogens with one attached hydrogen (secondary N) is 1. The first-order valence-electron chi connectivity index (χ1n) is 6.98. The van der Waals surface area contributed by atoms with Gasteiger partial charge in [-0.25, -0.2) is 4.98 Å². The summed E-state index contributed by atoms with van der Waals surface area (Å²) >= 11 is 12.0. The molecule has 0 saturated heterocycles. The Morgan fingerprint density at radius 3 is 2.72 bits per heavy atom. The first-order chi connectivity index (χ1) is 12.0. The van der Waals surface area contributed by atoms with Crippen molar-refractivity contribution in [2.75, 3.05) is 5.43 Å². The van der Waals surface area contributed by atoms with E-state index in [1.165, 1.54) is 18.3 Å². The molecular weight excluding hydrogens is 367 g/mol. The molecule has 0 aliphatic heterocycles. The Balaban J connectivity index is 1.68. The van der Waals surface area contributed by atoms with E-state index in [4.69, 9.17) is 27.6 Å². The van der Waals surface area contributed by atoms with Crippen molar-refractivity contribution < 1.29 is 9.34 Å². The van der Waals surface area contributed by atoms with Gasteiger partial charge in [-0.1, -0.05) is 23.2 Å². The lowest BCUT2D eigenvalue weighted by molar-refractivity contribution is -0.385. The molecular formula is C16H10Cl2N4O3. The molecule has 0 amide bonds. The summed E-state index contributed by atoms with van der Waals surface area (Å²) in [7, 11) is 0. The Kier molecular flexibility index (Phi) is 4.97. The van der Waals surface area contributed by atoms with Crippen molar-refractivity contribution in [1.82, 2.24) is 4.98 Å². The van der Waals surface area contributed by atoms with E-state index in [0.717, 1.165) is 11.8 Å². The molecule has 0 saturated carbocycles. The average molecular weight is 377 g/mol. The van der Waals surface area contributed by atoms with Crippen LogP contribution in [0.4, 0.5) is 11.5 Å². The summed E-state index contributed by atoms with van der Waals surface area (Å²) in [4.78, 5) is 13.9. The number of hydrogen-bond acceptors (Lipinski definition) is 6. The molecule has 9 heteroatoms. The van der Waals surface area contributed by atoms with E-state index in [9.17, 15) is 10.1 Å². The van der Waals surface area contributed by atoms with Gasteiger partial charge in [0.15, 0.2) is 0 Å². The number of benzene rings is 1. The van der Waals surface area contributed by atoms with Crippen LogP contribution in [0, 0.1) is 10.1 Å². The minimum Gasteiger partial charge on any atom is -0.455 e. The zero-order chi connectivity index (χ0) is 17.8. The van der Waals surface area contributed by atoms with Crippen LogP contribution in [0.15, 0.2) is 58.2 Å². The number of hydrazone groups is 1. The highest BCUT2D eigenvalue weighted by Gasteiger charge is 2.08. The number of nitro groups is 1. The monoisotopic (exact) mass is 376 g/mol. The lowest BCUT2D eigenvalue weighted by Gasteiger charge is -2.00. The molecule has 1 aromatic carbocycles. The maximum Gasteiger partial charge on any atom is 0.287 e. The fraction of sp³-hybridized carbons (Fsp3) is 0. The first-order valence-corrected chi connectivity index (χ1v) is 7.73. The Morgan fingerprint density at radius 1 is 1.20 bits per heavy atom. The second-order valence-electron chi connectivity index (χ2n) is 4.85. The number of anilines is 1. The van der Waals surface area contributed by atoms with Crippen LogP contribution in [-0.2, 0) is 0 Å². The average Bonchev–Trinajstić information content (AvgIpc) is 3.04. The number of halogens is 2. The van der Waals surface area contributed by atoms with Crippen LogP contribution >= 0.6 is 23.2 Å². The number of nitrogens with zero attached hydrogens (tertiary/aromatic N) is 3. The third-order valence-electron chi connectivity index (χ3n) is 3.15. The molecule has 0 unspecified atom stereocenters. The predicted octanol–water partition coefficient (Wildman–Crippen LogP) is 5.00. The maximum absolute atomic E-state index is 10.6. The van der Waals surface area contributed by atoms with Crippen molar-refractivity contribution in [3.05, 3.63) is 74.6 Å². The van der Waals surface area contributed by atoms with Crippen LogP contribution in [0.25, 0.3) is 11.3 Å². The van der Waals surface area contributed by atoms with Crippen molar-refractivity contribution in [2.45, 2.75) is 0 Å². The van der Waals surface area contributed by atoms with E-state index in [1.54, 1.807) is 30.3 Å². The van der Waals surface area contributed by atoms with Gasteiger partial charge in [0, 0.05) is 16.7 Å². The lowest BCUT2D eigenvalue weighted by atomic mass is 10.2. The quantitative estimate of drug-likeness (QED) is 0.384. The maximum atomic E-state index is 10.6. The SMILES string of the molecule is O=[N+]([O-])c1ccc(N/N=C\c2ccc(-c3ccc(Cl)cc3Cl)o2)nc1. The van der Waals surface area contributed by atoms with Crippen LogP contribution in [0.1, 0.15) is 5.76 Å². The molecule has 0 radical (unpaired) electrons. The van der Waals surface area contributed by atoms with Gasteiger partial charge in [-0.3, -0.25) is 15.5 Å². The van der Waals surface area contributed by atoms with Gasteiger partial charge >= 0.3 is 0 Å². The van der Waals surface area contributed by atoms with Gasteiger partial charge in [0.1, 0.15) is 23.5 Å². The highest BCUT2D eigenvalue weighted by Crippen LogP contribution is 2.31. The summed E-state index contributed by atoms with van der Waals surface area (Å²) in [5, 5.41) is 15.6. The molecule has 25 heavy (non-hydrogen) atoms. The Hall–Kier alpha value is -2.90. The summed E-state index contributed by atoms with van der Waals surface area (Å²) in [6, 6.07) is 11.4. The van der Waals surface area contributed by atoms with Crippen molar-refractivity contribution in [3.8, 4) is 11.3 Å². The molecule has 126 valence electrons. The molecule has 0 bridgehead atoms. The Morgan fingerprint density at radius 2 is 2.04 bits per heavy atom. The highest BCUT2D eigenvalue weighted by atomic mass is 35.5. The van der Waals surface area contributed by atoms with Crippen LogP contribution < -0.4 is 5.43 Å². The topological polar surface area (TPSA) is 93.6 Å². The van der Waals surface area contributed by atoms with Crippen LogP contribution in [0.3, 0.4) is 0 Å². The van der Waals surface area contributed by atoms with Crippen LogP contribution in [0.5, 0.6) is 0 Å². The van der Waals surface area contributed by atoms with Gasteiger partial charge < -0.3 is 4.42 Å². The molecule has 0 aliphatic carbocycles. The molecule has 3 aromatic rings. The van der Waals surface area contributed by atoms with Gasteiger partial charge in [0.2, 0.25) is 0 Å². The minimum absolute atomic E-state index is 0.0925. The molecule has 3 rings (SSSR count). The molecule has 2 aromatic heterocycles. The Bertz CT molecular complexity index is 939. The van der Waals surface area contributed by atoms with Crippen molar-refractivity contribution in [1.29, 1.82) is 0 Å². The number of aromatic nitrogens is 1. The van der Waals surface area contributed by atoms with E-state index in [0.29, 0.717) is 27.4 Å². The first kappa shape index (κ1) is 16.9. The number of hydrogen-bond donors (Lipinski definition) is 1. The zero-order valence-corrected chi connectivity index (χ0v) is 14.0. The third kappa shape index (κ3) is 4.14. The van der Waals surface area contributed by atoms with Crippen LogP contribution in [0.2, 0.25) is 10.0 Å². The lowest BCUT2D eigenvalue weighted by Crippen LogP contribution is -1.94. The fourth-order valence-corrected chi connectivity index (χ4v) is 2.48. The fourth-order valence-electron chi connectivity index (χ4n) is 1.98. The molecule has 0 fully saturated rings. The smallest absolute Gasteiger partial charge is 0.287 e. The summed E-state index contributed by atoms with van der Waals surface area (Å²) < 4.78 is 5.65. The largest absolute Gasteiger partial charge is 0.455 e. The van der Waals surface area contributed by atoms with E-state index in [2.05, 4.69) is 15.5 Å². The minimum atomic E-state index is -0.522. The molecule has 0 aliphatic rings. The summed E-state index contributed by atoms with van der Waals surface area (Å²) in [5.74, 6) is 1.45. The van der Waals surface area contributed by atoms with Gasteiger partial charge in [-0.15, -0.1) is 0 Å².